The van der Waals surface area contributed by atoms with Crippen LogP contribution < -0.4 is 5.32 Å². The highest BCUT2D eigenvalue weighted by atomic mass is 32.2. The second-order valence-corrected chi connectivity index (χ2v) is 6.15. The zero-order valence-corrected chi connectivity index (χ0v) is 12.7. The van der Waals surface area contributed by atoms with Gasteiger partial charge in [0.15, 0.2) is 0 Å². The molecule has 0 amide bonds. The Morgan fingerprint density at radius 1 is 1.33 bits per heavy atom. The quantitative estimate of drug-likeness (QED) is 0.489. The number of nitrogens with zero attached hydrogens (tertiary/aromatic N) is 2. The van der Waals surface area contributed by atoms with Crippen LogP contribution in [0.5, 0.6) is 0 Å². The molecule has 0 bridgehead atoms. The van der Waals surface area contributed by atoms with Crippen LogP contribution in [0.2, 0.25) is 0 Å². The summed E-state index contributed by atoms with van der Waals surface area (Å²) in [5, 5.41) is 4.26. The topological polar surface area (TPSA) is 47.0 Å². The van der Waals surface area contributed by atoms with Gasteiger partial charge in [-0.1, -0.05) is 20.8 Å². The number of ether oxygens (including phenoxy) is 1. The zero-order valence-electron chi connectivity index (χ0n) is 11.9. The largest absolute Gasteiger partial charge is 0.384 e. The van der Waals surface area contributed by atoms with Crippen LogP contribution in [-0.4, -0.2) is 36.0 Å². The summed E-state index contributed by atoms with van der Waals surface area (Å²) in [6, 6.07) is 2.00. The van der Waals surface area contributed by atoms with Crippen LogP contribution >= 0.6 is 11.8 Å². The van der Waals surface area contributed by atoms with Gasteiger partial charge in [0, 0.05) is 30.9 Å². The molecule has 102 valence electrons. The lowest BCUT2D eigenvalue weighted by Gasteiger charge is -2.18. The minimum absolute atomic E-state index is 0.0397. The molecular weight excluding hydrogens is 246 g/mol. The molecule has 0 spiro atoms. The Hall–Kier alpha value is -0.810. The first-order valence-electron chi connectivity index (χ1n) is 6.22. The normalized spacial score (nSPS) is 11.6. The van der Waals surface area contributed by atoms with Crippen molar-refractivity contribution in [3.8, 4) is 0 Å². The summed E-state index contributed by atoms with van der Waals surface area (Å²) in [6.07, 6.45) is 0. The Balaban J connectivity index is 2.91. The highest BCUT2D eigenvalue weighted by molar-refractivity contribution is 7.99. The molecule has 0 saturated carbocycles. The predicted molar refractivity (Wildman–Crippen MR) is 77.5 cm³/mol. The van der Waals surface area contributed by atoms with Crippen molar-refractivity contribution in [3.05, 3.63) is 11.9 Å². The first-order valence-corrected chi connectivity index (χ1v) is 7.21. The van der Waals surface area contributed by atoms with E-state index in [0.29, 0.717) is 0 Å². The van der Waals surface area contributed by atoms with E-state index in [1.807, 2.05) is 6.07 Å². The molecule has 0 fully saturated rings. The van der Waals surface area contributed by atoms with Crippen LogP contribution in [0.25, 0.3) is 0 Å². The molecule has 4 nitrogen and oxygen atoms in total. The second-order valence-electron chi connectivity index (χ2n) is 5.04. The van der Waals surface area contributed by atoms with Crippen molar-refractivity contribution in [2.45, 2.75) is 38.1 Å². The van der Waals surface area contributed by atoms with Gasteiger partial charge in [-0.15, -0.1) is 11.8 Å². The summed E-state index contributed by atoms with van der Waals surface area (Å²) < 4.78 is 5.06. The van der Waals surface area contributed by atoms with Crippen LogP contribution in [0.15, 0.2) is 11.1 Å². The number of nitrogens with one attached hydrogen (secondary N) is 1. The highest BCUT2D eigenvalue weighted by Crippen LogP contribution is 2.24. The number of anilines is 1. The van der Waals surface area contributed by atoms with E-state index < -0.39 is 0 Å². The number of hydrogen-bond acceptors (Lipinski definition) is 5. The molecule has 18 heavy (non-hydrogen) atoms. The minimum Gasteiger partial charge on any atom is -0.384 e. The number of thioether (sulfide) groups is 1. The molecule has 1 N–H and O–H groups in total. The fraction of sp³-hybridized carbons (Fsp3) is 0.692. The Morgan fingerprint density at radius 2 is 2.06 bits per heavy atom. The van der Waals surface area contributed by atoms with Gasteiger partial charge in [-0.2, -0.15) is 0 Å². The molecule has 0 aliphatic heterocycles. The Morgan fingerprint density at radius 3 is 2.61 bits per heavy atom. The van der Waals surface area contributed by atoms with E-state index in [1.54, 1.807) is 18.9 Å². The average Bonchev–Trinajstić information content (AvgIpc) is 2.28. The van der Waals surface area contributed by atoms with Crippen LogP contribution in [0.4, 0.5) is 5.82 Å². The van der Waals surface area contributed by atoms with Crippen molar-refractivity contribution in [1.29, 1.82) is 0 Å². The second kappa shape index (κ2) is 6.95. The fourth-order valence-electron chi connectivity index (χ4n) is 1.34. The standard InChI is InChI=1S/C13H23N3OS/c1-6-14-10-9-11(18-8-7-17-5)16-12(15-10)13(2,3)4/h9H,6-8H2,1-5H3,(H,14,15,16). The lowest BCUT2D eigenvalue weighted by atomic mass is 9.96. The van der Waals surface area contributed by atoms with E-state index in [1.165, 1.54) is 0 Å². The maximum atomic E-state index is 5.06. The molecule has 0 unspecified atom stereocenters. The van der Waals surface area contributed by atoms with Crippen LogP contribution in [0.1, 0.15) is 33.5 Å². The van der Waals surface area contributed by atoms with Gasteiger partial charge in [-0.05, 0) is 6.92 Å². The third-order valence-electron chi connectivity index (χ3n) is 2.27. The number of rotatable bonds is 6. The number of hydrogen-bond donors (Lipinski definition) is 1. The zero-order chi connectivity index (χ0) is 13.6. The minimum atomic E-state index is -0.0397. The summed E-state index contributed by atoms with van der Waals surface area (Å²) >= 11 is 1.70. The Kier molecular flexibility index (Phi) is 5.88. The van der Waals surface area contributed by atoms with Gasteiger partial charge in [0.1, 0.15) is 16.7 Å². The molecule has 0 atom stereocenters. The van der Waals surface area contributed by atoms with Crippen LogP contribution in [0, 0.1) is 0 Å². The fourth-order valence-corrected chi connectivity index (χ4v) is 2.14. The lowest BCUT2D eigenvalue weighted by Crippen LogP contribution is -2.17. The van der Waals surface area contributed by atoms with Gasteiger partial charge >= 0.3 is 0 Å². The first-order chi connectivity index (χ1) is 8.47. The van der Waals surface area contributed by atoms with Crippen molar-refractivity contribution in [1.82, 2.24) is 9.97 Å². The molecule has 0 aromatic carbocycles. The average molecular weight is 269 g/mol. The predicted octanol–water partition coefficient (Wildman–Crippen LogP) is 2.94. The molecule has 1 heterocycles. The molecule has 0 aliphatic rings. The van der Waals surface area contributed by atoms with Crippen LogP contribution in [0.3, 0.4) is 0 Å². The summed E-state index contributed by atoms with van der Waals surface area (Å²) in [4.78, 5) is 9.17. The molecule has 5 heteroatoms. The molecule has 0 radical (unpaired) electrons. The van der Waals surface area contributed by atoms with E-state index in [2.05, 4.69) is 43.0 Å². The molecule has 1 aromatic rings. The molecule has 0 aliphatic carbocycles. The maximum absolute atomic E-state index is 5.06. The van der Waals surface area contributed by atoms with Crippen LogP contribution in [-0.2, 0) is 10.2 Å². The molecule has 1 aromatic heterocycles. The van der Waals surface area contributed by atoms with E-state index >= 15 is 0 Å². The Bertz CT molecular complexity index is 377. The summed E-state index contributed by atoms with van der Waals surface area (Å²) in [7, 11) is 1.71. The highest BCUT2D eigenvalue weighted by Gasteiger charge is 2.19. The SMILES string of the molecule is CCNc1cc(SCCOC)nc(C(C)(C)C)n1. The molecule has 0 saturated heterocycles. The van der Waals surface area contributed by atoms with E-state index in [9.17, 15) is 0 Å². The van der Waals surface area contributed by atoms with Gasteiger partial charge in [0.25, 0.3) is 0 Å². The van der Waals surface area contributed by atoms with Gasteiger partial charge in [-0.25, -0.2) is 9.97 Å². The van der Waals surface area contributed by atoms with Gasteiger partial charge in [0.05, 0.1) is 6.61 Å². The maximum Gasteiger partial charge on any atom is 0.137 e. The van der Waals surface area contributed by atoms with Gasteiger partial charge in [0.2, 0.25) is 0 Å². The number of aromatic nitrogens is 2. The third-order valence-corrected chi connectivity index (χ3v) is 3.14. The molecular formula is C13H23N3OS. The van der Waals surface area contributed by atoms with Crippen molar-refractivity contribution < 1.29 is 4.74 Å². The molecule has 1 rings (SSSR count). The van der Waals surface area contributed by atoms with Crippen molar-refractivity contribution >= 4 is 17.6 Å². The lowest BCUT2D eigenvalue weighted by molar-refractivity contribution is 0.218. The van der Waals surface area contributed by atoms with Crippen molar-refractivity contribution in [3.63, 3.8) is 0 Å². The van der Waals surface area contributed by atoms with Crippen molar-refractivity contribution in [2.75, 3.05) is 31.3 Å². The van der Waals surface area contributed by atoms with Crippen molar-refractivity contribution in [2.24, 2.45) is 0 Å². The first kappa shape index (κ1) is 15.2. The third kappa shape index (κ3) is 4.82. The van der Waals surface area contributed by atoms with E-state index in [4.69, 9.17) is 4.74 Å². The number of methoxy groups -OCH3 is 1. The van der Waals surface area contributed by atoms with E-state index in [0.717, 1.165) is 35.6 Å². The van der Waals surface area contributed by atoms with E-state index in [-0.39, 0.29) is 5.41 Å². The summed E-state index contributed by atoms with van der Waals surface area (Å²) in [6.45, 7) is 10.0. The smallest absolute Gasteiger partial charge is 0.137 e. The summed E-state index contributed by atoms with van der Waals surface area (Å²) in [5.41, 5.74) is -0.0397. The van der Waals surface area contributed by atoms with Gasteiger partial charge < -0.3 is 10.1 Å². The monoisotopic (exact) mass is 269 g/mol. The van der Waals surface area contributed by atoms with Gasteiger partial charge in [-0.3, -0.25) is 0 Å². The summed E-state index contributed by atoms with van der Waals surface area (Å²) in [5.74, 6) is 2.68. The Labute approximate surface area is 114 Å².